The third-order valence-corrected chi connectivity index (χ3v) is 2.48. The van der Waals surface area contributed by atoms with E-state index in [2.05, 4.69) is 31.1 Å². The summed E-state index contributed by atoms with van der Waals surface area (Å²) in [5, 5.41) is 0. The Morgan fingerprint density at radius 1 is 1.00 bits per heavy atom. The zero-order valence-corrected chi connectivity index (χ0v) is 10.6. The van der Waals surface area contributed by atoms with Gasteiger partial charge in [-0.1, -0.05) is 0 Å². The third-order valence-electron chi connectivity index (χ3n) is 2.48. The van der Waals surface area contributed by atoms with Crippen LogP contribution in [0.25, 0.3) is 0 Å². The Labute approximate surface area is 98.0 Å². The minimum Gasteiger partial charge on any atom is -0.497 e. The molecule has 0 radical (unpaired) electrons. The van der Waals surface area contributed by atoms with Gasteiger partial charge in [-0.05, 0) is 51.2 Å². The molecule has 0 heterocycles. The maximum Gasteiger partial charge on any atom is 0.122 e. The number of hydrogen-bond acceptors (Lipinski definition) is 3. The van der Waals surface area contributed by atoms with Gasteiger partial charge >= 0.3 is 0 Å². The molecule has 0 saturated carbocycles. The Hall–Kier alpha value is -1.22. The van der Waals surface area contributed by atoms with Crippen molar-refractivity contribution in [1.82, 2.24) is 4.90 Å². The molecule has 0 aliphatic carbocycles. The van der Waals surface area contributed by atoms with Crippen LogP contribution in [-0.2, 0) is 6.42 Å². The highest BCUT2D eigenvalue weighted by molar-refractivity contribution is 5.38. The molecule has 1 aromatic carbocycles. The number of rotatable bonds is 6. The van der Waals surface area contributed by atoms with E-state index in [1.165, 1.54) is 5.56 Å². The Balaban J connectivity index is 2.64. The minimum atomic E-state index is 0.860. The summed E-state index contributed by atoms with van der Waals surface area (Å²) in [5.74, 6) is 1.72. The normalized spacial score (nSPS) is 10.6. The van der Waals surface area contributed by atoms with Crippen molar-refractivity contribution in [2.75, 3.05) is 34.9 Å². The van der Waals surface area contributed by atoms with E-state index in [1.807, 2.05) is 6.07 Å². The van der Waals surface area contributed by atoms with Crippen molar-refractivity contribution in [3.8, 4) is 11.5 Å². The van der Waals surface area contributed by atoms with E-state index in [4.69, 9.17) is 9.47 Å². The third kappa shape index (κ3) is 4.11. The zero-order chi connectivity index (χ0) is 12.0. The molecular weight excluding hydrogens is 202 g/mol. The van der Waals surface area contributed by atoms with Crippen molar-refractivity contribution in [2.24, 2.45) is 0 Å². The van der Waals surface area contributed by atoms with Gasteiger partial charge in [0.1, 0.15) is 11.5 Å². The van der Waals surface area contributed by atoms with E-state index in [1.54, 1.807) is 14.2 Å². The van der Waals surface area contributed by atoms with Gasteiger partial charge in [0.05, 0.1) is 14.2 Å². The summed E-state index contributed by atoms with van der Waals surface area (Å²) < 4.78 is 10.5. The van der Waals surface area contributed by atoms with Crippen LogP contribution >= 0.6 is 0 Å². The van der Waals surface area contributed by atoms with Crippen LogP contribution in [-0.4, -0.2) is 39.8 Å². The molecule has 0 unspecified atom stereocenters. The number of methoxy groups -OCH3 is 2. The van der Waals surface area contributed by atoms with Crippen LogP contribution in [0.15, 0.2) is 18.2 Å². The second-order valence-corrected chi connectivity index (χ2v) is 4.13. The highest BCUT2D eigenvalue weighted by Crippen LogP contribution is 2.23. The highest BCUT2D eigenvalue weighted by Gasteiger charge is 2.02. The lowest BCUT2D eigenvalue weighted by atomic mass is 10.1. The lowest BCUT2D eigenvalue weighted by Crippen LogP contribution is -2.13. The number of nitrogens with zero attached hydrogens (tertiary/aromatic N) is 1. The first-order valence-corrected chi connectivity index (χ1v) is 5.52. The molecule has 0 amide bonds. The summed E-state index contributed by atoms with van der Waals surface area (Å²) in [6.07, 6.45) is 2.19. The van der Waals surface area contributed by atoms with E-state index in [9.17, 15) is 0 Å². The van der Waals surface area contributed by atoms with Gasteiger partial charge in [-0.25, -0.2) is 0 Å². The average Bonchev–Trinajstić information content (AvgIpc) is 2.28. The summed E-state index contributed by atoms with van der Waals surface area (Å²) in [5.41, 5.74) is 1.26. The minimum absolute atomic E-state index is 0.860. The molecule has 0 saturated heterocycles. The lowest BCUT2D eigenvalue weighted by Gasteiger charge is -2.11. The number of aryl methyl sites for hydroxylation is 1. The second-order valence-electron chi connectivity index (χ2n) is 4.13. The van der Waals surface area contributed by atoms with Gasteiger partial charge in [0.25, 0.3) is 0 Å². The molecule has 0 atom stereocenters. The first-order valence-electron chi connectivity index (χ1n) is 5.52. The molecular formula is C13H21NO2. The topological polar surface area (TPSA) is 21.7 Å². The number of ether oxygens (including phenoxy) is 2. The van der Waals surface area contributed by atoms with Crippen LogP contribution in [0.1, 0.15) is 12.0 Å². The summed E-state index contributed by atoms with van der Waals surface area (Å²) in [4.78, 5) is 2.19. The van der Waals surface area contributed by atoms with Gasteiger partial charge in [0.2, 0.25) is 0 Å². The van der Waals surface area contributed by atoms with Crippen LogP contribution < -0.4 is 9.47 Å². The maximum atomic E-state index is 5.23. The fourth-order valence-corrected chi connectivity index (χ4v) is 1.61. The fraction of sp³-hybridized carbons (Fsp3) is 0.538. The average molecular weight is 223 g/mol. The van der Waals surface area contributed by atoms with Crippen LogP contribution in [0.3, 0.4) is 0 Å². The maximum absolute atomic E-state index is 5.23. The van der Waals surface area contributed by atoms with Crippen molar-refractivity contribution >= 4 is 0 Å². The second kappa shape index (κ2) is 6.38. The summed E-state index contributed by atoms with van der Waals surface area (Å²) in [6.45, 7) is 1.10. The first kappa shape index (κ1) is 12.8. The quantitative estimate of drug-likeness (QED) is 0.738. The van der Waals surface area contributed by atoms with E-state index in [-0.39, 0.29) is 0 Å². The summed E-state index contributed by atoms with van der Waals surface area (Å²) in [6, 6.07) is 6.03. The molecule has 16 heavy (non-hydrogen) atoms. The standard InChI is InChI=1S/C13H21NO2/c1-14(2)7-5-6-11-8-12(15-3)10-13(9-11)16-4/h8-10H,5-7H2,1-4H3. The smallest absolute Gasteiger partial charge is 0.122 e. The molecule has 0 aliphatic rings. The molecule has 0 aromatic heterocycles. The van der Waals surface area contributed by atoms with Gasteiger partial charge in [0, 0.05) is 6.07 Å². The first-order chi connectivity index (χ1) is 7.65. The zero-order valence-electron chi connectivity index (χ0n) is 10.6. The van der Waals surface area contributed by atoms with Crippen molar-refractivity contribution in [2.45, 2.75) is 12.8 Å². The van der Waals surface area contributed by atoms with Crippen LogP contribution in [0.5, 0.6) is 11.5 Å². The molecule has 0 N–H and O–H groups in total. The molecule has 3 heteroatoms. The summed E-state index contributed by atoms with van der Waals surface area (Å²) in [7, 11) is 7.54. The van der Waals surface area contributed by atoms with Gasteiger partial charge in [-0.15, -0.1) is 0 Å². The van der Waals surface area contributed by atoms with E-state index < -0.39 is 0 Å². The monoisotopic (exact) mass is 223 g/mol. The molecule has 3 nitrogen and oxygen atoms in total. The van der Waals surface area contributed by atoms with Gasteiger partial charge < -0.3 is 14.4 Å². The molecule has 0 fully saturated rings. The molecule has 1 aromatic rings. The van der Waals surface area contributed by atoms with Crippen LogP contribution in [0.4, 0.5) is 0 Å². The number of benzene rings is 1. The van der Waals surface area contributed by atoms with E-state index in [0.29, 0.717) is 0 Å². The van der Waals surface area contributed by atoms with Gasteiger partial charge in [-0.2, -0.15) is 0 Å². The van der Waals surface area contributed by atoms with Gasteiger partial charge in [0.15, 0.2) is 0 Å². The molecule has 90 valence electrons. The Bertz CT molecular complexity index is 301. The summed E-state index contributed by atoms with van der Waals surface area (Å²) >= 11 is 0. The Kier molecular flexibility index (Phi) is 5.12. The Morgan fingerprint density at radius 2 is 1.56 bits per heavy atom. The predicted molar refractivity (Wildman–Crippen MR) is 66.4 cm³/mol. The molecule has 0 aliphatic heterocycles. The van der Waals surface area contributed by atoms with Crippen molar-refractivity contribution in [3.05, 3.63) is 23.8 Å². The Morgan fingerprint density at radius 3 is 2.00 bits per heavy atom. The predicted octanol–water partition coefficient (Wildman–Crippen LogP) is 2.20. The lowest BCUT2D eigenvalue weighted by molar-refractivity contribution is 0.390. The van der Waals surface area contributed by atoms with Crippen LogP contribution in [0, 0.1) is 0 Å². The molecule has 0 spiro atoms. The van der Waals surface area contributed by atoms with Gasteiger partial charge in [-0.3, -0.25) is 0 Å². The van der Waals surface area contributed by atoms with Crippen molar-refractivity contribution < 1.29 is 9.47 Å². The van der Waals surface area contributed by atoms with E-state index in [0.717, 1.165) is 30.9 Å². The SMILES string of the molecule is COc1cc(CCCN(C)C)cc(OC)c1. The van der Waals surface area contributed by atoms with Crippen LogP contribution in [0.2, 0.25) is 0 Å². The van der Waals surface area contributed by atoms with Crippen molar-refractivity contribution in [1.29, 1.82) is 0 Å². The highest BCUT2D eigenvalue weighted by atomic mass is 16.5. The molecule has 1 rings (SSSR count). The number of hydrogen-bond donors (Lipinski definition) is 0. The van der Waals surface area contributed by atoms with Crippen molar-refractivity contribution in [3.63, 3.8) is 0 Å². The molecule has 0 bridgehead atoms. The van der Waals surface area contributed by atoms with E-state index >= 15 is 0 Å². The fourth-order valence-electron chi connectivity index (χ4n) is 1.61. The largest absolute Gasteiger partial charge is 0.497 e.